The first-order chi connectivity index (χ1) is 15.1. The Labute approximate surface area is 183 Å². The van der Waals surface area contributed by atoms with Crippen LogP contribution in [-0.4, -0.2) is 52.1 Å². The maximum Gasteiger partial charge on any atom is 0.274 e. The fourth-order valence-corrected chi connectivity index (χ4v) is 3.47. The van der Waals surface area contributed by atoms with Crippen LogP contribution in [0.4, 0.5) is 5.69 Å². The molecule has 10 heteroatoms. The molecule has 1 aliphatic rings. The number of anilines is 1. The molecule has 0 unspecified atom stereocenters. The molecule has 0 spiro atoms. The van der Waals surface area contributed by atoms with Gasteiger partial charge in [-0.05, 0) is 11.6 Å². The van der Waals surface area contributed by atoms with Gasteiger partial charge in [-0.1, -0.05) is 42.9 Å². The van der Waals surface area contributed by atoms with Gasteiger partial charge in [-0.3, -0.25) is 9.59 Å². The van der Waals surface area contributed by atoms with Gasteiger partial charge < -0.3 is 19.5 Å². The molecule has 2 aromatic heterocycles. The van der Waals surface area contributed by atoms with E-state index in [4.69, 9.17) is 9.26 Å². The Balaban J connectivity index is 0.00000245. The summed E-state index contributed by atoms with van der Waals surface area (Å²) in [5, 5.41) is 17.1. The van der Waals surface area contributed by atoms with Crippen LogP contribution in [0.25, 0.3) is 11.0 Å². The number of amides is 2. The number of benzene rings is 2. The van der Waals surface area contributed by atoms with Crippen molar-refractivity contribution in [3.8, 4) is 5.75 Å². The van der Waals surface area contributed by atoms with Gasteiger partial charge in [0.1, 0.15) is 35.2 Å². The Morgan fingerprint density at radius 2 is 1.94 bits per heavy atom. The van der Waals surface area contributed by atoms with E-state index in [1.165, 1.54) is 4.90 Å². The van der Waals surface area contributed by atoms with Gasteiger partial charge in [-0.15, -0.1) is 0 Å². The molecular weight excluding hydrogens is 412 g/mol. The molecule has 0 bridgehead atoms. The lowest BCUT2D eigenvalue weighted by molar-refractivity contribution is -0.120. The molecule has 1 atom stereocenters. The predicted molar refractivity (Wildman–Crippen MR) is 117 cm³/mol. The minimum absolute atomic E-state index is 0. The summed E-state index contributed by atoms with van der Waals surface area (Å²) in [5.74, 6) is 0.213. The second-order valence-electron chi connectivity index (χ2n) is 7.21. The number of fused-ring (bicyclic) bond motifs is 2. The molecule has 2 aromatic carbocycles. The van der Waals surface area contributed by atoms with Crippen molar-refractivity contribution >= 4 is 28.5 Å². The van der Waals surface area contributed by atoms with Gasteiger partial charge in [0.05, 0.1) is 5.69 Å². The number of ether oxygens (including phenoxy) is 1. The third-order valence-corrected chi connectivity index (χ3v) is 5.11. The monoisotopic (exact) mass is 434 g/mol. The molecule has 0 fully saturated rings. The van der Waals surface area contributed by atoms with E-state index in [2.05, 4.69) is 25.9 Å². The fraction of sp³-hybridized carbons (Fsp3) is 0.227. The van der Waals surface area contributed by atoms with Crippen molar-refractivity contribution in [3.63, 3.8) is 0 Å². The van der Waals surface area contributed by atoms with Crippen LogP contribution in [0.5, 0.6) is 5.75 Å². The summed E-state index contributed by atoms with van der Waals surface area (Å²) >= 11 is 0. The second-order valence-corrected chi connectivity index (χ2v) is 7.21. The Morgan fingerprint density at radius 1 is 1.19 bits per heavy atom. The molecule has 0 aliphatic carbocycles. The Bertz CT molecular complexity index is 1270. The number of carbonyl (C=O) groups is 2. The molecule has 10 nitrogen and oxygen atoms in total. The lowest BCUT2D eigenvalue weighted by Gasteiger charge is -2.19. The minimum atomic E-state index is -0.888. The Hall–Kier alpha value is -4.21. The summed E-state index contributed by atoms with van der Waals surface area (Å²) in [6, 6.07) is 13.8. The van der Waals surface area contributed by atoms with Crippen molar-refractivity contribution in [1.29, 1.82) is 0 Å². The van der Waals surface area contributed by atoms with E-state index in [0.29, 0.717) is 34.7 Å². The van der Waals surface area contributed by atoms with E-state index in [1.807, 2.05) is 30.3 Å². The summed E-state index contributed by atoms with van der Waals surface area (Å²) in [7, 11) is 1.62. The van der Waals surface area contributed by atoms with Gasteiger partial charge in [0.25, 0.3) is 11.8 Å². The van der Waals surface area contributed by atoms with E-state index in [1.54, 1.807) is 25.2 Å². The molecular formula is C22H22N6O4. The summed E-state index contributed by atoms with van der Waals surface area (Å²) in [6.45, 7) is -0.0278. The zero-order valence-corrected chi connectivity index (χ0v) is 16.5. The number of aromatic amines is 1. The molecule has 32 heavy (non-hydrogen) atoms. The van der Waals surface area contributed by atoms with Crippen molar-refractivity contribution in [2.45, 2.75) is 19.9 Å². The average Bonchev–Trinajstić information content (AvgIpc) is 3.42. The molecule has 2 amide bonds. The van der Waals surface area contributed by atoms with Crippen LogP contribution in [0.3, 0.4) is 0 Å². The normalized spacial score (nSPS) is 15.5. The number of hydrogen-bond donors (Lipinski definition) is 2. The molecule has 0 radical (unpaired) electrons. The Kier molecular flexibility index (Phi) is 5.59. The van der Waals surface area contributed by atoms with Gasteiger partial charge >= 0.3 is 0 Å². The van der Waals surface area contributed by atoms with Crippen LogP contribution in [0.2, 0.25) is 0 Å². The fourth-order valence-electron chi connectivity index (χ4n) is 3.47. The number of aromatic nitrogens is 4. The number of nitrogens with zero attached hydrogens (tertiary/aromatic N) is 4. The van der Waals surface area contributed by atoms with Gasteiger partial charge in [-0.2, -0.15) is 15.4 Å². The second kappa shape index (κ2) is 8.50. The maximum atomic E-state index is 12.9. The molecule has 4 aromatic rings. The van der Waals surface area contributed by atoms with Crippen LogP contribution in [0.1, 0.15) is 29.2 Å². The summed E-state index contributed by atoms with van der Waals surface area (Å²) in [5.41, 5.74) is 2.92. The highest BCUT2D eigenvalue weighted by atomic mass is 16.5. The Morgan fingerprint density at radius 3 is 2.72 bits per heavy atom. The molecule has 3 heterocycles. The molecule has 2 N–H and O–H groups in total. The first-order valence-corrected chi connectivity index (χ1v) is 9.64. The van der Waals surface area contributed by atoms with Crippen molar-refractivity contribution in [2.24, 2.45) is 0 Å². The number of nitrogens with one attached hydrogen (secondary N) is 2. The van der Waals surface area contributed by atoms with E-state index in [-0.39, 0.29) is 25.6 Å². The standard InChI is InChI=1S/C21H18N6O4.CH4/c1-27-18-9-14-15(24-26-23-14)10-19(18)30-11-17(21(27)29)22-20(28)16-8-13(31-25-16)7-12-5-3-2-4-6-12;/h2-6,8-10,17H,7,11H2,1H3,(H,22,28)(H,23,24,26);1H4/t17-;/m0./s1. The van der Waals surface area contributed by atoms with E-state index >= 15 is 0 Å². The maximum absolute atomic E-state index is 12.9. The number of rotatable bonds is 4. The molecule has 0 saturated carbocycles. The van der Waals surface area contributed by atoms with Crippen molar-refractivity contribution in [3.05, 3.63) is 65.5 Å². The third-order valence-electron chi connectivity index (χ3n) is 5.11. The predicted octanol–water partition coefficient (Wildman–Crippen LogP) is 2.33. The van der Waals surface area contributed by atoms with Gasteiger partial charge in [0.2, 0.25) is 0 Å². The quantitative estimate of drug-likeness (QED) is 0.505. The van der Waals surface area contributed by atoms with Crippen molar-refractivity contribution in [2.75, 3.05) is 18.6 Å². The highest BCUT2D eigenvalue weighted by molar-refractivity contribution is 6.03. The lowest BCUT2D eigenvalue weighted by atomic mass is 10.1. The van der Waals surface area contributed by atoms with Crippen LogP contribution < -0.4 is 15.0 Å². The first-order valence-electron chi connectivity index (χ1n) is 9.64. The summed E-state index contributed by atoms with van der Waals surface area (Å²) in [4.78, 5) is 27.1. The van der Waals surface area contributed by atoms with Crippen molar-refractivity contribution < 1.29 is 18.8 Å². The van der Waals surface area contributed by atoms with E-state index in [0.717, 1.165) is 5.56 Å². The highest BCUT2D eigenvalue weighted by Gasteiger charge is 2.32. The average molecular weight is 434 g/mol. The SMILES string of the molecule is C.CN1C(=O)[C@@H](NC(=O)c2cc(Cc3ccccc3)on2)COc2cc3n[nH]nc3cc21. The minimum Gasteiger partial charge on any atom is -0.489 e. The zero-order chi connectivity index (χ0) is 21.4. The van der Waals surface area contributed by atoms with Crippen LogP contribution in [-0.2, 0) is 11.2 Å². The van der Waals surface area contributed by atoms with E-state index in [9.17, 15) is 9.59 Å². The molecule has 1 aliphatic heterocycles. The largest absolute Gasteiger partial charge is 0.489 e. The van der Waals surface area contributed by atoms with Crippen LogP contribution in [0, 0.1) is 0 Å². The van der Waals surface area contributed by atoms with Crippen LogP contribution in [0.15, 0.2) is 53.1 Å². The lowest BCUT2D eigenvalue weighted by Crippen LogP contribution is -2.49. The molecule has 164 valence electrons. The molecule has 0 saturated heterocycles. The number of hydrogen-bond acceptors (Lipinski definition) is 7. The van der Waals surface area contributed by atoms with Gasteiger partial charge in [0.15, 0.2) is 5.69 Å². The smallest absolute Gasteiger partial charge is 0.274 e. The number of H-pyrrole nitrogens is 1. The zero-order valence-electron chi connectivity index (χ0n) is 16.5. The number of carbonyl (C=O) groups excluding carboxylic acids is 2. The summed E-state index contributed by atoms with van der Waals surface area (Å²) in [6.07, 6.45) is 0.514. The van der Waals surface area contributed by atoms with Crippen LogP contribution >= 0.6 is 0 Å². The number of likely N-dealkylation sites (N-methyl/N-ethyl adjacent to an activating group) is 1. The summed E-state index contributed by atoms with van der Waals surface area (Å²) < 4.78 is 11.1. The highest BCUT2D eigenvalue weighted by Crippen LogP contribution is 2.33. The molecule has 5 rings (SSSR count). The first kappa shape index (κ1) is 21.0. The van der Waals surface area contributed by atoms with Crippen molar-refractivity contribution in [1.82, 2.24) is 25.9 Å². The van der Waals surface area contributed by atoms with E-state index < -0.39 is 11.9 Å². The van der Waals surface area contributed by atoms with Gasteiger partial charge in [-0.25, -0.2) is 0 Å². The topological polar surface area (TPSA) is 126 Å². The van der Waals surface area contributed by atoms with Gasteiger partial charge in [0, 0.05) is 25.6 Å². The third kappa shape index (κ3) is 3.89.